The number of hydrogen-bond donors (Lipinski definition) is 0. The van der Waals surface area contributed by atoms with Crippen molar-refractivity contribution in [2.24, 2.45) is 0 Å². The van der Waals surface area contributed by atoms with E-state index in [1.807, 2.05) is 26.8 Å². The fourth-order valence-corrected chi connectivity index (χ4v) is 0.917. The van der Waals surface area contributed by atoms with Gasteiger partial charge in [0.2, 0.25) is 5.85 Å². The second-order valence-corrected chi connectivity index (χ2v) is 4.14. The van der Waals surface area contributed by atoms with Gasteiger partial charge in [0.25, 0.3) is 0 Å². The Balaban J connectivity index is 4.85. The Kier molecular flexibility index (Phi) is 5.34. The fourth-order valence-electron chi connectivity index (χ4n) is 0.917. The third-order valence-corrected chi connectivity index (χ3v) is 1.82. The molecule has 0 fully saturated rings. The van der Waals surface area contributed by atoms with Gasteiger partial charge in [-0.1, -0.05) is 25.2 Å². The van der Waals surface area contributed by atoms with E-state index in [0.29, 0.717) is 5.76 Å². The maximum absolute atomic E-state index is 13.3. The van der Waals surface area contributed by atoms with Crippen molar-refractivity contribution in [3.05, 3.63) is 35.6 Å². The highest BCUT2D eigenvalue weighted by atomic mass is 19.2. The summed E-state index contributed by atoms with van der Waals surface area (Å²) in [6, 6.07) is 0. The largest absolute Gasteiger partial charge is 0.459 e. The molecule has 0 amide bonds. The van der Waals surface area contributed by atoms with E-state index < -0.39 is 5.85 Å². The van der Waals surface area contributed by atoms with Gasteiger partial charge in [-0.05, 0) is 31.9 Å². The number of alkyl halides is 1. The van der Waals surface area contributed by atoms with Gasteiger partial charge in [0.15, 0.2) is 0 Å². The first kappa shape index (κ1) is 13.9. The van der Waals surface area contributed by atoms with Crippen molar-refractivity contribution in [1.29, 1.82) is 0 Å². The van der Waals surface area contributed by atoms with Crippen molar-refractivity contribution in [1.82, 2.24) is 0 Å². The minimum atomic E-state index is -1.65. The molecule has 0 aromatic rings. The molecule has 0 radical (unpaired) electrons. The zero-order chi connectivity index (χ0) is 12.1. The van der Waals surface area contributed by atoms with Crippen molar-refractivity contribution < 1.29 is 9.13 Å². The number of allylic oxidation sites excluding steroid dienone is 4. The minimum absolute atomic E-state index is 0.591. The summed E-state index contributed by atoms with van der Waals surface area (Å²) in [5.74, 6) is -1.06. The molecule has 0 aliphatic rings. The molecule has 0 bridgehead atoms. The Bertz CT molecular complexity index is 279. The molecule has 0 aliphatic carbocycles. The minimum Gasteiger partial charge on any atom is -0.459 e. The number of hydrogen-bond acceptors (Lipinski definition) is 1. The normalized spacial score (nSPS) is 14.0. The van der Waals surface area contributed by atoms with Gasteiger partial charge in [0.05, 0.1) is 0 Å². The standard InChI is InChI=1S/C13H21FO/c1-7-11(4)12(9-8-10(2)3)15-13(5,6)14/h8-9H,2,7H2,1,3-6H3. The molecule has 0 saturated heterocycles. The topological polar surface area (TPSA) is 9.23 Å². The lowest BCUT2D eigenvalue weighted by Crippen LogP contribution is -2.16. The zero-order valence-corrected chi connectivity index (χ0v) is 10.4. The molecule has 86 valence electrons. The lowest BCUT2D eigenvalue weighted by Gasteiger charge is -2.19. The van der Waals surface area contributed by atoms with Crippen molar-refractivity contribution in [3.8, 4) is 0 Å². The Hall–Kier alpha value is -1.05. The van der Waals surface area contributed by atoms with E-state index in [-0.39, 0.29) is 0 Å². The van der Waals surface area contributed by atoms with E-state index in [1.165, 1.54) is 13.8 Å². The van der Waals surface area contributed by atoms with Crippen molar-refractivity contribution in [3.63, 3.8) is 0 Å². The van der Waals surface area contributed by atoms with Crippen LogP contribution >= 0.6 is 0 Å². The van der Waals surface area contributed by atoms with E-state index in [4.69, 9.17) is 4.74 Å². The first-order valence-corrected chi connectivity index (χ1v) is 5.17. The highest BCUT2D eigenvalue weighted by Crippen LogP contribution is 2.21. The predicted octanol–water partition coefficient (Wildman–Crippen LogP) is 4.52. The van der Waals surface area contributed by atoms with E-state index in [0.717, 1.165) is 17.6 Å². The summed E-state index contributed by atoms with van der Waals surface area (Å²) in [6.07, 6.45) is 4.43. The molecule has 0 spiro atoms. The highest BCUT2D eigenvalue weighted by molar-refractivity contribution is 5.25. The molecule has 0 rings (SSSR count). The van der Waals surface area contributed by atoms with Crippen LogP contribution in [0, 0.1) is 0 Å². The molecule has 0 saturated carbocycles. The molecular formula is C13H21FO. The monoisotopic (exact) mass is 212 g/mol. The van der Waals surface area contributed by atoms with Gasteiger partial charge in [-0.3, -0.25) is 0 Å². The van der Waals surface area contributed by atoms with Crippen LogP contribution in [0.1, 0.15) is 41.0 Å². The van der Waals surface area contributed by atoms with Gasteiger partial charge in [0, 0.05) is 13.8 Å². The molecule has 0 N–H and O–H groups in total. The Labute approximate surface area is 92.3 Å². The number of ether oxygens (including phenoxy) is 1. The van der Waals surface area contributed by atoms with Crippen LogP contribution in [0.3, 0.4) is 0 Å². The van der Waals surface area contributed by atoms with Gasteiger partial charge in [0.1, 0.15) is 5.76 Å². The van der Waals surface area contributed by atoms with Gasteiger partial charge in [-0.25, -0.2) is 0 Å². The van der Waals surface area contributed by atoms with Crippen molar-refractivity contribution >= 4 is 0 Å². The number of rotatable bonds is 5. The molecular weight excluding hydrogens is 191 g/mol. The van der Waals surface area contributed by atoms with Crippen molar-refractivity contribution in [2.75, 3.05) is 0 Å². The lowest BCUT2D eigenvalue weighted by atomic mass is 10.1. The van der Waals surface area contributed by atoms with Crippen LogP contribution in [0.4, 0.5) is 4.39 Å². The Morgan fingerprint density at radius 1 is 1.33 bits per heavy atom. The summed E-state index contributed by atoms with van der Waals surface area (Å²) in [5.41, 5.74) is 1.94. The van der Waals surface area contributed by atoms with Gasteiger partial charge < -0.3 is 4.74 Å². The molecule has 0 aromatic heterocycles. The molecule has 0 heterocycles. The third-order valence-electron chi connectivity index (χ3n) is 1.82. The van der Waals surface area contributed by atoms with Crippen LogP contribution in [0.15, 0.2) is 35.6 Å². The summed E-state index contributed by atoms with van der Waals surface area (Å²) in [4.78, 5) is 0. The quantitative estimate of drug-likeness (QED) is 0.480. The smallest absolute Gasteiger partial charge is 0.242 e. The first-order chi connectivity index (χ1) is 6.76. The molecule has 0 atom stereocenters. The second kappa shape index (κ2) is 5.74. The summed E-state index contributed by atoms with van der Waals surface area (Å²) in [6.45, 7) is 12.4. The molecule has 2 heteroatoms. The van der Waals surface area contributed by atoms with Gasteiger partial charge in [-0.2, -0.15) is 4.39 Å². The summed E-state index contributed by atoms with van der Waals surface area (Å²) in [5, 5.41) is 0. The Morgan fingerprint density at radius 2 is 1.87 bits per heavy atom. The average Bonchev–Trinajstić information content (AvgIpc) is 2.08. The summed E-state index contributed by atoms with van der Waals surface area (Å²) in [7, 11) is 0. The van der Waals surface area contributed by atoms with Crippen LogP contribution in [-0.4, -0.2) is 5.85 Å². The highest BCUT2D eigenvalue weighted by Gasteiger charge is 2.18. The van der Waals surface area contributed by atoms with E-state index in [2.05, 4.69) is 6.58 Å². The maximum Gasteiger partial charge on any atom is 0.242 e. The van der Waals surface area contributed by atoms with E-state index in [9.17, 15) is 4.39 Å². The summed E-state index contributed by atoms with van der Waals surface area (Å²) >= 11 is 0. The second-order valence-electron chi connectivity index (χ2n) is 4.14. The van der Waals surface area contributed by atoms with E-state index in [1.54, 1.807) is 6.08 Å². The van der Waals surface area contributed by atoms with Crippen molar-refractivity contribution in [2.45, 2.75) is 46.9 Å². The SMILES string of the molecule is C=C(C)C=CC(OC(C)(C)F)=C(C)CC. The lowest BCUT2D eigenvalue weighted by molar-refractivity contribution is -0.0754. The maximum atomic E-state index is 13.3. The molecule has 0 aromatic carbocycles. The zero-order valence-electron chi connectivity index (χ0n) is 10.4. The fraction of sp³-hybridized carbons (Fsp3) is 0.538. The molecule has 15 heavy (non-hydrogen) atoms. The number of halogens is 1. The van der Waals surface area contributed by atoms with E-state index >= 15 is 0 Å². The Morgan fingerprint density at radius 3 is 2.20 bits per heavy atom. The van der Waals surface area contributed by atoms with Crippen LogP contribution < -0.4 is 0 Å². The third kappa shape index (κ3) is 6.95. The van der Waals surface area contributed by atoms with Crippen LogP contribution in [0.2, 0.25) is 0 Å². The van der Waals surface area contributed by atoms with Gasteiger partial charge in [-0.15, -0.1) is 0 Å². The predicted molar refractivity (Wildman–Crippen MR) is 63.2 cm³/mol. The summed E-state index contributed by atoms with van der Waals surface area (Å²) < 4.78 is 18.6. The van der Waals surface area contributed by atoms with Crippen LogP contribution in [0.25, 0.3) is 0 Å². The molecule has 0 unspecified atom stereocenters. The molecule has 1 nitrogen and oxygen atoms in total. The average molecular weight is 212 g/mol. The first-order valence-electron chi connectivity index (χ1n) is 5.17. The van der Waals surface area contributed by atoms with Crippen LogP contribution in [-0.2, 0) is 4.74 Å². The van der Waals surface area contributed by atoms with Crippen LogP contribution in [0.5, 0.6) is 0 Å². The van der Waals surface area contributed by atoms with Gasteiger partial charge >= 0.3 is 0 Å². The molecule has 0 aliphatic heterocycles.